The Morgan fingerprint density at radius 3 is 2.20 bits per heavy atom. The second-order valence-electron chi connectivity index (χ2n) is 6.69. The monoisotopic (exact) mass is 326 g/mol. The zero-order chi connectivity index (χ0) is 17.1. The van der Waals surface area contributed by atoms with E-state index >= 15 is 0 Å². The van der Waals surface area contributed by atoms with Crippen LogP contribution in [0.3, 0.4) is 0 Å². The van der Waals surface area contributed by atoms with Gasteiger partial charge in [0.25, 0.3) is 0 Å². The lowest BCUT2D eigenvalue weighted by molar-refractivity contribution is 0.921. The molecule has 1 heterocycles. The highest BCUT2D eigenvalue weighted by Crippen LogP contribution is 2.26. The molecule has 4 aliphatic carbocycles. The van der Waals surface area contributed by atoms with Gasteiger partial charge >= 0.3 is 0 Å². The molecule has 25 heavy (non-hydrogen) atoms. The van der Waals surface area contributed by atoms with E-state index in [1.807, 2.05) is 31.3 Å². The van der Waals surface area contributed by atoms with Gasteiger partial charge in [0.15, 0.2) is 0 Å². The van der Waals surface area contributed by atoms with Gasteiger partial charge in [-0.1, -0.05) is 42.5 Å². The first-order valence-corrected chi connectivity index (χ1v) is 8.94. The molecular formula is C23H22N2. The second kappa shape index (κ2) is 7.02. The highest BCUT2D eigenvalue weighted by Gasteiger charge is 2.08. The average molecular weight is 326 g/mol. The summed E-state index contributed by atoms with van der Waals surface area (Å²) in [7, 11) is 0. The molecule has 2 nitrogen and oxygen atoms in total. The largest absolute Gasteiger partial charge is 0.255 e. The van der Waals surface area contributed by atoms with Crippen LogP contribution in [0.4, 0.5) is 5.69 Å². The van der Waals surface area contributed by atoms with Gasteiger partial charge in [0.1, 0.15) is 0 Å². The van der Waals surface area contributed by atoms with Crippen molar-refractivity contribution in [3.05, 3.63) is 94.8 Å². The number of nitrogens with zero attached hydrogens (tertiary/aromatic N) is 2. The van der Waals surface area contributed by atoms with Crippen LogP contribution in [-0.2, 0) is 25.7 Å². The quantitative estimate of drug-likeness (QED) is 0.601. The van der Waals surface area contributed by atoms with E-state index in [0.29, 0.717) is 0 Å². The van der Waals surface area contributed by atoms with E-state index in [2.05, 4.69) is 47.4 Å². The lowest BCUT2D eigenvalue weighted by Gasteiger charge is -2.12. The second-order valence-corrected chi connectivity index (χ2v) is 6.69. The number of hydrogen-bond acceptors (Lipinski definition) is 2. The summed E-state index contributed by atoms with van der Waals surface area (Å²) in [6.45, 7) is 2.04. The van der Waals surface area contributed by atoms with Gasteiger partial charge in [0.05, 0.1) is 17.1 Å². The van der Waals surface area contributed by atoms with Crippen LogP contribution in [0.25, 0.3) is 0 Å². The maximum absolute atomic E-state index is 4.93. The summed E-state index contributed by atoms with van der Waals surface area (Å²) in [4.78, 5) is 9.36. The third-order valence-corrected chi connectivity index (χ3v) is 4.88. The van der Waals surface area contributed by atoms with Gasteiger partial charge < -0.3 is 0 Å². The normalized spacial score (nSPS) is 14.2. The minimum absolute atomic E-state index is 0.940. The van der Waals surface area contributed by atoms with Crippen LogP contribution in [0.15, 0.2) is 71.9 Å². The van der Waals surface area contributed by atoms with Crippen molar-refractivity contribution in [3.8, 4) is 0 Å². The van der Waals surface area contributed by atoms with Crippen LogP contribution in [0.5, 0.6) is 0 Å². The van der Waals surface area contributed by atoms with Crippen LogP contribution in [0.2, 0.25) is 0 Å². The van der Waals surface area contributed by atoms with Crippen molar-refractivity contribution in [1.82, 2.24) is 4.98 Å². The molecule has 2 aromatic carbocycles. The van der Waals surface area contributed by atoms with Crippen molar-refractivity contribution in [2.75, 3.05) is 0 Å². The van der Waals surface area contributed by atoms with E-state index in [-0.39, 0.29) is 0 Å². The van der Waals surface area contributed by atoms with Crippen molar-refractivity contribution < 1.29 is 0 Å². The molecule has 0 amide bonds. The van der Waals surface area contributed by atoms with Crippen molar-refractivity contribution in [1.29, 1.82) is 0 Å². The summed E-state index contributed by atoms with van der Waals surface area (Å²) in [6, 6.07) is 21.8. The molecular weight excluding hydrogens is 304 g/mol. The summed E-state index contributed by atoms with van der Waals surface area (Å²) in [5, 5.41) is 0. The predicted molar refractivity (Wildman–Crippen MR) is 104 cm³/mol. The molecule has 0 aliphatic heterocycles. The zero-order valence-corrected chi connectivity index (χ0v) is 14.6. The van der Waals surface area contributed by atoms with Crippen molar-refractivity contribution >= 4 is 11.4 Å². The van der Waals surface area contributed by atoms with Gasteiger partial charge in [-0.15, -0.1) is 0 Å². The standard InChI is InChI=1S/C23H22N2/c1-17(22-4-2-3-15-24-22)25-23-16-20-10-9-18-5-7-19(8-6-18)11-13-21(23)14-12-20/h2-8,12,14-16H,9-11,13H2,1H3. The minimum atomic E-state index is 0.940. The van der Waals surface area contributed by atoms with Crippen LogP contribution in [0.1, 0.15) is 34.9 Å². The molecule has 4 aliphatic rings. The van der Waals surface area contributed by atoms with Crippen LogP contribution in [-0.4, -0.2) is 10.7 Å². The fourth-order valence-corrected chi connectivity index (χ4v) is 3.34. The first-order valence-electron chi connectivity index (χ1n) is 8.94. The molecule has 0 unspecified atom stereocenters. The molecule has 0 saturated heterocycles. The Hall–Kier alpha value is -2.74. The maximum atomic E-state index is 4.93. The highest BCUT2D eigenvalue weighted by atomic mass is 14.8. The first kappa shape index (κ1) is 15.8. The van der Waals surface area contributed by atoms with E-state index < -0.39 is 0 Å². The molecule has 1 aromatic heterocycles. The number of aryl methyl sites for hydroxylation is 4. The van der Waals surface area contributed by atoms with Gasteiger partial charge in [-0.2, -0.15) is 0 Å². The fourth-order valence-electron chi connectivity index (χ4n) is 3.34. The van der Waals surface area contributed by atoms with Crippen molar-refractivity contribution in [2.24, 2.45) is 4.99 Å². The van der Waals surface area contributed by atoms with Crippen LogP contribution >= 0.6 is 0 Å². The summed E-state index contributed by atoms with van der Waals surface area (Å²) in [6.07, 6.45) is 5.99. The van der Waals surface area contributed by atoms with E-state index in [1.54, 1.807) is 0 Å². The number of pyridine rings is 1. The number of aromatic nitrogens is 1. The van der Waals surface area contributed by atoms with Gasteiger partial charge in [-0.25, -0.2) is 0 Å². The SMILES string of the molecule is CC(=Nc1cc2ccc1CCc1ccc(cc1)CC2)c1ccccn1. The zero-order valence-electron chi connectivity index (χ0n) is 14.6. The molecule has 0 saturated carbocycles. The molecule has 0 spiro atoms. The first-order chi connectivity index (χ1) is 12.3. The van der Waals surface area contributed by atoms with Crippen LogP contribution < -0.4 is 0 Å². The molecule has 0 N–H and O–H groups in total. The minimum Gasteiger partial charge on any atom is -0.255 e. The molecule has 0 radical (unpaired) electrons. The van der Waals surface area contributed by atoms with Crippen LogP contribution in [0, 0.1) is 0 Å². The predicted octanol–water partition coefficient (Wildman–Crippen LogP) is 5.11. The summed E-state index contributed by atoms with van der Waals surface area (Å²) < 4.78 is 0. The summed E-state index contributed by atoms with van der Waals surface area (Å²) >= 11 is 0. The summed E-state index contributed by atoms with van der Waals surface area (Å²) in [5.74, 6) is 0. The Morgan fingerprint density at radius 2 is 1.48 bits per heavy atom. The van der Waals surface area contributed by atoms with Gasteiger partial charge in [0, 0.05) is 6.20 Å². The lowest BCUT2D eigenvalue weighted by Crippen LogP contribution is -2.00. The molecule has 4 bridgehead atoms. The topological polar surface area (TPSA) is 25.2 Å². The Bertz CT molecular complexity index is 893. The Morgan fingerprint density at radius 1 is 0.800 bits per heavy atom. The van der Waals surface area contributed by atoms with Gasteiger partial charge in [0.2, 0.25) is 0 Å². The molecule has 0 fully saturated rings. The molecule has 3 aromatic rings. The van der Waals surface area contributed by atoms with E-state index in [9.17, 15) is 0 Å². The fraction of sp³-hybridized carbons (Fsp3) is 0.217. The van der Waals surface area contributed by atoms with Crippen molar-refractivity contribution in [3.63, 3.8) is 0 Å². The number of hydrogen-bond donors (Lipinski definition) is 0. The van der Waals surface area contributed by atoms with E-state index in [1.165, 1.54) is 22.3 Å². The smallest absolute Gasteiger partial charge is 0.0841 e. The van der Waals surface area contributed by atoms with E-state index in [0.717, 1.165) is 42.8 Å². The average Bonchev–Trinajstić information content (AvgIpc) is 2.65. The molecule has 2 heteroatoms. The number of benzene rings is 2. The Labute approximate surface area is 149 Å². The Kier molecular flexibility index (Phi) is 4.43. The number of aliphatic imine (C=N–C) groups is 1. The van der Waals surface area contributed by atoms with E-state index in [4.69, 9.17) is 4.99 Å². The summed E-state index contributed by atoms with van der Waals surface area (Å²) in [5.41, 5.74) is 8.46. The van der Waals surface area contributed by atoms with Gasteiger partial charge in [-0.3, -0.25) is 9.98 Å². The number of rotatable bonds is 2. The molecule has 7 rings (SSSR count). The van der Waals surface area contributed by atoms with Gasteiger partial charge in [-0.05, 0) is 73.1 Å². The lowest BCUT2D eigenvalue weighted by atomic mass is 9.95. The van der Waals surface area contributed by atoms with Crippen molar-refractivity contribution in [2.45, 2.75) is 32.6 Å². The third-order valence-electron chi connectivity index (χ3n) is 4.88. The maximum Gasteiger partial charge on any atom is 0.0841 e. The molecule has 0 atom stereocenters. The molecule has 124 valence electrons. The Balaban J connectivity index is 1.71. The third kappa shape index (κ3) is 3.69. The highest BCUT2D eigenvalue weighted by molar-refractivity contribution is 5.98.